The standard InChI is InChI=1S/C16H14N2OS/c1-18-14-9-8-12(20-2)10-13(14)15(17-16(18)19)11-6-4-3-5-7-11/h3-10H,1-2H3. The van der Waals surface area contributed by atoms with E-state index in [1.54, 1.807) is 23.4 Å². The van der Waals surface area contributed by atoms with Gasteiger partial charge in [-0.25, -0.2) is 4.79 Å². The van der Waals surface area contributed by atoms with Crippen LogP contribution in [0.1, 0.15) is 0 Å². The first-order chi connectivity index (χ1) is 9.70. The molecule has 0 aliphatic rings. The Morgan fingerprint density at radius 2 is 1.85 bits per heavy atom. The van der Waals surface area contributed by atoms with E-state index < -0.39 is 0 Å². The monoisotopic (exact) mass is 282 g/mol. The van der Waals surface area contributed by atoms with E-state index in [0.717, 1.165) is 27.1 Å². The lowest BCUT2D eigenvalue weighted by atomic mass is 10.1. The van der Waals surface area contributed by atoms with Crippen LogP contribution < -0.4 is 5.69 Å². The smallest absolute Gasteiger partial charge is 0.295 e. The summed E-state index contributed by atoms with van der Waals surface area (Å²) in [4.78, 5) is 17.4. The van der Waals surface area contributed by atoms with Crippen molar-refractivity contribution in [3.05, 3.63) is 59.0 Å². The van der Waals surface area contributed by atoms with Crippen LogP contribution in [0.5, 0.6) is 0 Å². The number of rotatable bonds is 2. The minimum Gasteiger partial charge on any atom is -0.295 e. The Kier molecular flexibility index (Phi) is 3.32. The number of benzene rings is 2. The molecular weight excluding hydrogens is 268 g/mol. The molecular formula is C16H14N2OS. The third kappa shape index (κ3) is 2.12. The summed E-state index contributed by atoms with van der Waals surface area (Å²) in [6.45, 7) is 0. The maximum absolute atomic E-state index is 12.0. The maximum Gasteiger partial charge on any atom is 0.348 e. The van der Waals surface area contributed by atoms with Crippen LogP contribution in [0, 0.1) is 0 Å². The minimum absolute atomic E-state index is 0.228. The average molecular weight is 282 g/mol. The van der Waals surface area contributed by atoms with Crippen LogP contribution in [-0.4, -0.2) is 15.8 Å². The van der Waals surface area contributed by atoms with Crippen molar-refractivity contribution in [2.75, 3.05) is 6.26 Å². The number of thioether (sulfide) groups is 1. The summed E-state index contributed by atoms with van der Waals surface area (Å²) < 4.78 is 1.59. The van der Waals surface area contributed by atoms with E-state index in [0.29, 0.717) is 0 Å². The Bertz CT molecular complexity index is 825. The molecule has 0 amide bonds. The molecule has 3 nitrogen and oxygen atoms in total. The summed E-state index contributed by atoms with van der Waals surface area (Å²) in [5, 5.41) is 1.00. The second kappa shape index (κ2) is 5.13. The van der Waals surface area contributed by atoms with E-state index in [1.807, 2.05) is 48.7 Å². The van der Waals surface area contributed by atoms with Crippen LogP contribution in [-0.2, 0) is 7.05 Å². The Morgan fingerprint density at radius 1 is 1.10 bits per heavy atom. The van der Waals surface area contributed by atoms with Gasteiger partial charge in [-0.05, 0) is 24.5 Å². The first kappa shape index (κ1) is 12.9. The zero-order chi connectivity index (χ0) is 14.1. The van der Waals surface area contributed by atoms with E-state index in [9.17, 15) is 4.79 Å². The molecule has 3 rings (SSSR count). The van der Waals surface area contributed by atoms with Crippen molar-refractivity contribution in [1.29, 1.82) is 0 Å². The van der Waals surface area contributed by atoms with E-state index in [-0.39, 0.29) is 5.69 Å². The molecule has 2 aromatic carbocycles. The fraction of sp³-hybridized carbons (Fsp3) is 0.125. The molecule has 20 heavy (non-hydrogen) atoms. The van der Waals surface area contributed by atoms with Crippen molar-refractivity contribution >= 4 is 22.7 Å². The van der Waals surface area contributed by atoms with Crippen LogP contribution in [0.25, 0.3) is 22.2 Å². The van der Waals surface area contributed by atoms with E-state index in [1.165, 1.54) is 0 Å². The summed E-state index contributed by atoms with van der Waals surface area (Å²) in [5.41, 5.74) is 2.39. The van der Waals surface area contributed by atoms with Gasteiger partial charge in [-0.2, -0.15) is 4.98 Å². The largest absolute Gasteiger partial charge is 0.348 e. The highest BCUT2D eigenvalue weighted by Gasteiger charge is 2.10. The molecule has 0 aliphatic heterocycles. The van der Waals surface area contributed by atoms with Gasteiger partial charge in [0.25, 0.3) is 0 Å². The second-order valence-corrected chi connectivity index (χ2v) is 5.43. The van der Waals surface area contributed by atoms with Gasteiger partial charge in [-0.3, -0.25) is 4.57 Å². The molecule has 3 aromatic rings. The Morgan fingerprint density at radius 3 is 2.55 bits per heavy atom. The van der Waals surface area contributed by atoms with E-state index in [2.05, 4.69) is 11.1 Å². The van der Waals surface area contributed by atoms with Crippen molar-refractivity contribution in [2.45, 2.75) is 4.90 Å². The summed E-state index contributed by atoms with van der Waals surface area (Å²) in [6, 6.07) is 15.9. The molecule has 0 bridgehead atoms. The van der Waals surface area contributed by atoms with Gasteiger partial charge in [0.05, 0.1) is 11.2 Å². The van der Waals surface area contributed by atoms with Gasteiger partial charge in [0.1, 0.15) is 0 Å². The summed E-state index contributed by atoms with van der Waals surface area (Å²) in [7, 11) is 1.76. The molecule has 0 N–H and O–H groups in total. The highest BCUT2D eigenvalue weighted by molar-refractivity contribution is 7.98. The summed E-state index contributed by atoms with van der Waals surface area (Å²) in [5.74, 6) is 0. The second-order valence-electron chi connectivity index (χ2n) is 4.55. The van der Waals surface area contributed by atoms with Crippen LogP contribution in [0.4, 0.5) is 0 Å². The number of nitrogens with zero attached hydrogens (tertiary/aromatic N) is 2. The molecule has 0 unspecified atom stereocenters. The Hall–Kier alpha value is -2.07. The lowest BCUT2D eigenvalue weighted by molar-refractivity contribution is 0.854. The van der Waals surface area contributed by atoms with Gasteiger partial charge < -0.3 is 0 Å². The predicted molar refractivity (Wildman–Crippen MR) is 84.2 cm³/mol. The average Bonchev–Trinajstić information content (AvgIpc) is 2.51. The zero-order valence-corrected chi connectivity index (χ0v) is 12.1. The summed E-state index contributed by atoms with van der Waals surface area (Å²) in [6.07, 6.45) is 2.04. The number of aromatic nitrogens is 2. The number of hydrogen-bond acceptors (Lipinski definition) is 3. The van der Waals surface area contributed by atoms with Crippen molar-refractivity contribution in [3.63, 3.8) is 0 Å². The van der Waals surface area contributed by atoms with Crippen molar-refractivity contribution in [3.8, 4) is 11.3 Å². The molecule has 1 aromatic heterocycles. The first-order valence-electron chi connectivity index (χ1n) is 6.31. The van der Waals surface area contributed by atoms with Crippen molar-refractivity contribution in [1.82, 2.24) is 9.55 Å². The van der Waals surface area contributed by atoms with Gasteiger partial charge >= 0.3 is 5.69 Å². The molecule has 0 saturated heterocycles. The molecule has 0 aliphatic carbocycles. The van der Waals surface area contributed by atoms with Crippen molar-refractivity contribution in [2.24, 2.45) is 7.05 Å². The molecule has 0 fully saturated rings. The fourth-order valence-corrected chi connectivity index (χ4v) is 2.71. The van der Waals surface area contributed by atoms with Gasteiger partial charge in [-0.15, -0.1) is 11.8 Å². The third-order valence-corrected chi connectivity index (χ3v) is 4.09. The quantitative estimate of drug-likeness (QED) is 0.676. The fourth-order valence-electron chi connectivity index (χ4n) is 2.27. The lowest BCUT2D eigenvalue weighted by Crippen LogP contribution is -2.21. The highest BCUT2D eigenvalue weighted by atomic mass is 32.2. The molecule has 1 heterocycles. The van der Waals surface area contributed by atoms with Crippen LogP contribution in [0.2, 0.25) is 0 Å². The van der Waals surface area contributed by atoms with Gasteiger partial charge in [0.2, 0.25) is 0 Å². The topological polar surface area (TPSA) is 34.9 Å². The number of hydrogen-bond donors (Lipinski definition) is 0. The molecule has 0 spiro atoms. The van der Waals surface area contributed by atoms with Gasteiger partial charge in [-0.1, -0.05) is 30.3 Å². The van der Waals surface area contributed by atoms with Crippen LogP contribution in [0.3, 0.4) is 0 Å². The highest BCUT2D eigenvalue weighted by Crippen LogP contribution is 2.28. The normalized spacial score (nSPS) is 10.9. The summed E-state index contributed by atoms with van der Waals surface area (Å²) >= 11 is 1.68. The third-order valence-electron chi connectivity index (χ3n) is 3.36. The number of fused-ring (bicyclic) bond motifs is 1. The Balaban J connectivity index is 2.42. The number of aryl methyl sites for hydroxylation is 1. The van der Waals surface area contributed by atoms with Gasteiger partial charge in [0, 0.05) is 22.9 Å². The lowest BCUT2D eigenvalue weighted by Gasteiger charge is -2.10. The predicted octanol–water partition coefficient (Wildman–Crippen LogP) is 3.32. The maximum atomic E-state index is 12.0. The molecule has 0 saturated carbocycles. The van der Waals surface area contributed by atoms with Crippen LogP contribution >= 0.6 is 11.8 Å². The van der Waals surface area contributed by atoms with E-state index in [4.69, 9.17) is 0 Å². The Labute approximate surface area is 121 Å². The zero-order valence-electron chi connectivity index (χ0n) is 11.3. The SMILES string of the molecule is CSc1ccc2c(c1)c(-c1ccccc1)nc(=O)n2C. The molecule has 100 valence electrons. The molecule has 4 heteroatoms. The van der Waals surface area contributed by atoms with Crippen LogP contribution in [0.15, 0.2) is 58.2 Å². The van der Waals surface area contributed by atoms with Crippen molar-refractivity contribution < 1.29 is 0 Å². The first-order valence-corrected chi connectivity index (χ1v) is 7.53. The molecule has 0 radical (unpaired) electrons. The van der Waals surface area contributed by atoms with E-state index >= 15 is 0 Å². The van der Waals surface area contributed by atoms with Gasteiger partial charge in [0.15, 0.2) is 0 Å². The molecule has 0 atom stereocenters. The minimum atomic E-state index is -0.228.